The van der Waals surface area contributed by atoms with Crippen LogP contribution >= 0.6 is 0 Å². The van der Waals surface area contributed by atoms with Crippen molar-refractivity contribution < 1.29 is 13.2 Å². The second-order valence-corrected chi connectivity index (χ2v) is 7.87. The van der Waals surface area contributed by atoms with Gasteiger partial charge in [0.1, 0.15) is 0 Å². The third-order valence-electron chi connectivity index (χ3n) is 3.82. The van der Waals surface area contributed by atoms with Gasteiger partial charge in [0.25, 0.3) is 5.91 Å². The number of nitrogens with one attached hydrogen (secondary N) is 1. The van der Waals surface area contributed by atoms with Crippen LogP contribution in [0.4, 0.5) is 0 Å². The molecule has 0 bridgehead atoms. The summed E-state index contributed by atoms with van der Waals surface area (Å²) in [7, 11) is -2.92. The molecule has 7 heteroatoms. The lowest BCUT2D eigenvalue weighted by Gasteiger charge is -2.09. The number of aromatic nitrogens is 2. The number of benzene rings is 1. The summed E-state index contributed by atoms with van der Waals surface area (Å²) in [5.74, 6) is 0.630. The SMILES string of the molecule is O=C(NC[C@H]1CCS(=O)(=O)C1)c1cnc(-c2ccccc2)nc1. The lowest BCUT2D eigenvalue weighted by molar-refractivity contribution is 0.0947. The molecule has 3 rings (SSSR count). The Morgan fingerprint density at radius 2 is 1.87 bits per heavy atom. The van der Waals surface area contributed by atoms with Crippen LogP contribution in [0.15, 0.2) is 42.7 Å². The normalized spacial score (nSPS) is 19.4. The van der Waals surface area contributed by atoms with E-state index < -0.39 is 9.84 Å². The second kappa shape index (κ2) is 6.45. The fourth-order valence-corrected chi connectivity index (χ4v) is 4.42. The number of carbonyl (C=O) groups is 1. The van der Waals surface area contributed by atoms with Gasteiger partial charge in [-0.1, -0.05) is 30.3 Å². The number of hydrogen-bond acceptors (Lipinski definition) is 5. The average Bonchev–Trinajstić information content (AvgIpc) is 2.93. The first-order chi connectivity index (χ1) is 11.0. The molecule has 1 amide bonds. The van der Waals surface area contributed by atoms with Crippen LogP contribution in [0.1, 0.15) is 16.8 Å². The van der Waals surface area contributed by atoms with Crippen LogP contribution in [-0.4, -0.2) is 42.3 Å². The molecule has 1 aliphatic rings. The van der Waals surface area contributed by atoms with E-state index in [4.69, 9.17) is 0 Å². The van der Waals surface area contributed by atoms with Crippen molar-refractivity contribution in [2.24, 2.45) is 5.92 Å². The van der Waals surface area contributed by atoms with Crippen molar-refractivity contribution in [2.45, 2.75) is 6.42 Å². The summed E-state index contributed by atoms with van der Waals surface area (Å²) in [4.78, 5) is 20.5. The van der Waals surface area contributed by atoms with Gasteiger partial charge in [0.05, 0.1) is 17.1 Å². The Bertz CT molecular complexity index is 789. The van der Waals surface area contributed by atoms with Crippen molar-refractivity contribution in [1.82, 2.24) is 15.3 Å². The smallest absolute Gasteiger partial charge is 0.254 e. The summed E-state index contributed by atoms with van der Waals surface area (Å²) < 4.78 is 22.8. The molecule has 1 aromatic carbocycles. The van der Waals surface area contributed by atoms with Gasteiger partial charge in [0.15, 0.2) is 15.7 Å². The summed E-state index contributed by atoms with van der Waals surface area (Å²) >= 11 is 0. The van der Waals surface area contributed by atoms with Crippen molar-refractivity contribution in [1.29, 1.82) is 0 Å². The molecule has 2 heterocycles. The Labute approximate surface area is 134 Å². The van der Waals surface area contributed by atoms with Crippen molar-refractivity contribution in [3.05, 3.63) is 48.3 Å². The van der Waals surface area contributed by atoms with E-state index >= 15 is 0 Å². The second-order valence-electron chi connectivity index (χ2n) is 5.64. The van der Waals surface area contributed by atoms with Crippen LogP contribution in [0.25, 0.3) is 11.4 Å². The van der Waals surface area contributed by atoms with Crippen molar-refractivity contribution in [3.63, 3.8) is 0 Å². The first-order valence-corrected chi connectivity index (χ1v) is 9.22. The van der Waals surface area contributed by atoms with Crippen LogP contribution in [0, 0.1) is 5.92 Å². The summed E-state index contributed by atoms with van der Waals surface area (Å²) in [6, 6.07) is 9.50. The fourth-order valence-electron chi connectivity index (χ4n) is 2.55. The Balaban J connectivity index is 1.60. The molecule has 23 heavy (non-hydrogen) atoms. The maximum Gasteiger partial charge on any atom is 0.254 e. The molecule has 0 radical (unpaired) electrons. The molecule has 0 unspecified atom stereocenters. The lowest BCUT2D eigenvalue weighted by atomic mass is 10.1. The molecule has 1 N–H and O–H groups in total. The highest BCUT2D eigenvalue weighted by molar-refractivity contribution is 7.91. The van der Waals surface area contributed by atoms with Crippen molar-refractivity contribution in [3.8, 4) is 11.4 Å². The first-order valence-electron chi connectivity index (χ1n) is 7.39. The number of hydrogen-bond donors (Lipinski definition) is 1. The monoisotopic (exact) mass is 331 g/mol. The Morgan fingerprint density at radius 3 is 2.48 bits per heavy atom. The van der Waals surface area contributed by atoms with Gasteiger partial charge in [-0.3, -0.25) is 4.79 Å². The van der Waals surface area contributed by atoms with Gasteiger partial charge in [-0.25, -0.2) is 18.4 Å². The molecule has 1 aromatic heterocycles. The van der Waals surface area contributed by atoms with E-state index in [2.05, 4.69) is 15.3 Å². The molecular formula is C16H17N3O3S. The third kappa shape index (κ3) is 3.92. The van der Waals surface area contributed by atoms with E-state index in [1.807, 2.05) is 30.3 Å². The minimum absolute atomic E-state index is 0.00606. The number of carbonyl (C=O) groups excluding carboxylic acids is 1. The van der Waals surface area contributed by atoms with E-state index in [0.29, 0.717) is 24.4 Å². The molecule has 0 spiro atoms. The number of rotatable bonds is 4. The maximum atomic E-state index is 12.1. The van der Waals surface area contributed by atoms with E-state index in [1.54, 1.807) is 0 Å². The summed E-state index contributed by atoms with van der Waals surface area (Å²) in [5, 5.41) is 2.75. The van der Waals surface area contributed by atoms with Gasteiger partial charge in [-0.2, -0.15) is 0 Å². The number of nitrogens with zero attached hydrogens (tertiary/aromatic N) is 2. The Hall–Kier alpha value is -2.28. The van der Waals surface area contributed by atoms with E-state index in [0.717, 1.165) is 5.56 Å². The van der Waals surface area contributed by atoms with E-state index in [1.165, 1.54) is 12.4 Å². The fraction of sp³-hybridized carbons (Fsp3) is 0.312. The molecule has 0 saturated carbocycles. The van der Waals surface area contributed by atoms with Gasteiger partial charge in [0.2, 0.25) is 0 Å². The van der Waals surface area contributed by atoms with Crippen LogP contribution in [0.2, 0.25) is 0 Å². The Kier molecular flexibility index (Phi) is 4.38. The lowest BCUT2D eigenvalue weighted by Crippen LogP contribution is -2.30. The molecule has 0 aliphatic carbocycles. The number of amides is 1. The summed E-state index contributed by atoms with van der Waals surface area (Å²) in [6.45, 7) is 0.360. The minimum atomic E-state index is -2.92. The van der Waals surface area contributed by atoms with Gasteiger partial charge >= 0.3 is 0 Å². The van der Waals surface area contributed by atoms with Crippen LogP contribution in [0.3, 0.4) is 0 Å². The van der Waals surface area contributed by atoms with Crippen molar-refractivity contribution in [2.75, 3.05) is 18.1 Å². The maximum absolute atomic E-state index is 12.1. The van der Waals surface area contributed by atoms with E-state index in [-0.39, 0.29) is 23.3 Å². The quantitative estimate of drug-likeness (QED) is 0.912. The van der Waals surface area contributed by atoms with Gasteiger partial charge < -0.3 is 5.32 Å². The zero-order valence-electron chi connectivity index (χ0n) is 12.5. The molecular weight excluding hydrogens is 314 g/mol. The van der Waals surface area contributed by atoms with Crippen LogP contribution in [0.5, 0.6) is 0 Å². The predicted octanol–water partition coefficient (Wildman–Crippen LogP) is 1.31. The highest BCUT2D eigenvalue weighted by Crippen LogP contribution is 2.17. The average molecular weight is 331 g/mol. The summed E-state index contributed by atoms with van der Waals surface area (Å²) in [5.41, 5.74) is 1.25. The van der Waals surface area contributed by atoms with Crippen LogP contribution < -0.4 is 5.32 Å². The Morgan fingerprint density at radius 1 is 1.17 bits per heavy atom. The van der Waals surface area contributed by atoms with Gasteiger partial charge in [-0.15, -0.1) is 0 Å². The zero-order chi connectivity index (χ0) is 16.3. The zero-order valence-corrected chi connectivity index (χ0v) is 13.3. The van der Waals surface area contributed by atoms with Crippen LogP contribution in [-0.2, 0) is 9.84 Å². The topological polar surface area (TPSA) is 89.0 Å². The highest BCUT2D eigenvalue weighted by Gasteiger charge is 2.28. The molecule has 1 fully saturated rings. The van der Waals surface area contributed by atoms with Gasteiger partial charge in [0, 0.05) is 24.5 Å². The predicted molar refractivity (Wildman–Crippen MR) is 86.6 cm³/mol. The van der Waals surface area contributed by atoms with E-state index in [9.17, 15) is 13.2 Å². The minimum Gasteiger partial charge on any atom is -0.352 e. The molecule has 120 valence electrons. The molecule has 2 aromatic rings. The van der Waals surface area contributed by atoms with Crippen molar-refractivity contribution >= 4 is 15.7 Å². The van der Waals surface area contributed by atoms with Gasteiger partial charge in [-0.05, 0) is 12.3 Å². The highest BCUT2D eigenvalue weighted by atomic mass is 32.2. The largest absolute Gasteiger partial charge is 0.352 e. The molecule has 1 aliphatic heterocycles. The first kappa shape index (κ1) is 15.6. The standard InChI is InChI=1S/C16H17N3O3S/c20-16(19-8-12-6-7-23(21,22)11-12)14-9-17-15(18-10-14)13-4-2-1-3-5-13/h1-5,9-10,12H,6-8,11H2,(H,19,20)/t12-/m1/s1. The molecule has 1 saturated heterocycles. The summed E-state index contributed by atoms with van der Waals surface area (Å²) in [6.07, 6.45) is 3.57. The third-order valence-corrected chi connectivity index (χ3v) is 5.66. The molecule has 6 nitrogen and oxygen atoms in total. The molecule has 1 atom stereocenters. The number of sulfone groups is 1.